The molecule has 0 aliphatic carbocycles. The third kappa shape index (κ3) is 3.14. The van der Waals surface area contributed by atoms with Crippen molar-refractivity contribution in [3.05, 3.63) is 59.9 Å². The Bertz CT molecular complexity index is 980. The van der Waals surface area contributed by atoms with Crippen molar-refractivity contribution in [1.82, 2.24) is 15.2 Å². The number of rotatable bonds is 4. The van der Waals surface area contributed by atoms with E-state index in [9.17, 15) is 4.79 Å². The number of pyridine rings is 1. The zero-order chi connectivity index (χ0) is 17.9. The van der Waals surface area contributed by atoms with Crippen LogP contribution in [0.4, 0.5) is 5.82 Å². The quantitative estimate of drug-likeness (QED) is 0.707. The van der Waals surface area contributed by atoms with E-state index in [1.807, 2.05) is 37.3 Å². The highest BCUT2D eigenvalue weighted by Gasteiger charge is 2.13. The molecule has 2 N–H and O–H groups in total. The summed E-state index contributed by atoms with van der Waals surface area (Å²) < 4.78 is 10.6. The molecule has 3 aromatic rings. The number of anilines is 1. The van der Waals surface area contributed by atoms with E-state index in [1.165, 1.54) is 6.08 Å². The lowest BCUT2D eigenvalue weighted by Crippen LogP contribution is -2.09. The Morgan fingerprint density at radius 1 is 1.19 bits per heavy atom. The van der Waals surface area contributed by atoms with Gasteiger partial charge in [-0.25, -0.2) is 0 Å². The predicted molar refractivity (Wildman–Crippen MR) is 96.8 cm³/mol. The zero-order valence-corrected chi connectivity index (χ0v) is 14.0. The lowest BCUT2D eigenvalue weighted by atomic mass is 10.1. The minimum absolute atomic E-state index is 0.223. The number of hydrogen-bond donors (Lipinski definition) is 2. The van der Waals surface area contributed by atoms with Crippen LogP contribution in [0.1, 0.15) is 11.1 Å². The summed E-state index contributed by atoms with van der Waals surface area (Å²) in [6.07, 6.45) is 6.59. The molecule has 4 rings (SSSR count). The smallest absolute Gasteiger partial charge is 0.249 e. The number of amides is 1. The Kier molecular flexibility index (Phi) is 4.10. The molecular formula is C19H16N4O3. The van der Waals surface area contributed by atoms with Crippen LogP contribution >= 0.6 is 0 Å². The third-order valence-electron chi connectivity index (χ3n) is 4.04. The Morgan fingerprint density at radius 2 is 2.00 bits per heavy atom. The van der Waals surface area contributed by atoms with Crippen molar-refractivity contribution in [3.63, 3.8) is 0 Å². The largest absolute Gasteiger partial charge is 0.454 e. The molecule has 0 spiro atoms. The van der Waals surface area contributed by atoms with Gasteiger partial charge in [0.25, 0.3) is 0 Å². The van der Waals surface area contributed by atoms with Crippen LogP contribution in [0.3, 0.4) is 0 Å². The van der Waals surface area contributed by atoms with E-state index in [2.05, 4.69) is 20.5 Å². The van der Waals surface area contributed by atoms with Crippen LogP contribution in [0.2, 0.25) is 0 Å². The van der Waals surface area contributed by atoms with E-state index in [0.29, 0.717) is 17.3 Å². The van der Waals surface area contributed by atoms with Gasteiger partial charge in [0, 0.05) is 29.6 Å². The number of hydrogen-bond acceptors (Lipinski definition) is 5. The van der Waals surface area contributed by atoms with Gasteiger partial charge < -0.3 is 14.8 Å². The first-order valence-electron chi connectivity index (χ1n) is 8.05. The Balaban J connectivity index is 1.46. The first kappa shape index (κ1) is 15.9. The van der Waals surface area contributed by atoms with Crippen molar-refractivity contribution in [2.75, 3.05) is 12.1 Å². The molecular weight excluding hydrogens is 332 g/mol. The van der Waals surface area contributed by atoms with Crippen LogP contribution < -0.4 is 14.8 Å². The second kappa shape index (κ2) is 6.72. The second-order valence-electron chi connectivity index (χ2n) is 5.74. The summed E-state index contributed by atoms with van der Waals surface area (Å²) in [6, 6.07) is 9.27. The molecule has 7 heteroatoms. The molecule has 0 radical (unpaired) electrons. The number of nitrogens with one attached hydrogen (secondary N) is 2. The maximum atomic E-state index is 12.2. The van der Waals surface area contributed by atoms with E-state index in [-0.39, 0.29) is 12.7 Å². The maximum absolute atomic E-state index is 12.2. The number of carbonyl (C=O) groups excluding carboxylic acids is 1. The van der Waals surface area contributed by atoms with Gasteiger partial charge in [0.15, 0.2) is 17.3 Å². The number of fused-ring (bicyclic) bond motifs is 1. The molecule has 3 heterocycles. The topological polar surface area (TPSA) is 89.1 Å². The van der Waals surface area contributed by atoms with Crippen LogP contribution in [-0.4, -0.2) is 27.9 Å². The average molecular weight is 348 g/mol. The summed E-state index contributed by atoms with van der Waals surface area (Å²) >= 11 is 0. The summed E-state index contributed by atoms with van der Waals surface area (Å²) in [5, 5.41) is 9.92. The van der Waals surface area contributed by atoms with Gasteiger partial charge in [-0.15, -0.1) is 0 Å². The summed E-state index contributed by atoms with van der Waals surface area (Å²) in [7, 11) is 0. The summed E-state index contributed by atoms with van der Waals surface area (Å²) in [4.78, 5) is 16.2. The van der Waals surface area contributed by atoms with Crippen molar-refractivity contribution in [2.45, 2.75) is 6.92 Å². The highest BCUT2D eigenvalue weighted by Crippen LogP contribution is 2.32. The van der Waals surface area contributed by atoms with Crippen LogP contribution in [0.5, 0.6) is 11.5 Å². The van der Waals surface area contributed by atoms with E-state index < -0.39 is 0 Å². The molecule has 0 saturated carbocycles. The monoisotopic (exact) mass is 348 g/mol. The van der Waals surface area contributed by atoms with Gasteiger partial charge in [-0.2, -0.15) is 5.10 Å². The molecule has 1 amide bonds. The summed E-state index contributed by atoms with van der Waals surface area (Å²) in [5.41, 5.74) is 3.52. The first-order valence-corrected chi connectivity index (χ1v) is 8.05. The van der Waals surface area contributed by atoms with E-state index in [4.69, 9.17) is 9.47 Å². The molecule has 26 heavy (non-hydrogen) atoms. The van der Waals surface area contributed by atoms with Crippen LogP contribution in [-0.2, 0) is 4.79 Å². The number of nitrogens with zero attached hydrogens (tertiary/aromatic N) is 2. The van der Waals surface area contributed by atoms with Crippen LogP contribution in [0, 0.1) is 6.92 Å². The third-order valence-corrected chi connectivity index (χ3v) is 4.04. The molecule has 130 valence electrons. The maximum Gasteiger partial charge on any atom is 0.249 e. The Hall–Kier alpha value is -3.61. The SMILES string of the molecule is Cc1c(NC(=O)/C=C/c2ccc3c(c2)OCO3)n[nH]c1-c1ccncc1. The van der Waals surface area contributed by atoms with Crippen molar-refractivity contribution < 1.29 is 14.3 Å². The van der Waals surface area contributed by atoms with Gasteiger partial charge in [0.05, 0.1) is 5.69 Å². The molecule has 0 bridgehead atoms. The highest BCUT2D eigenvalue weighted by atomic mass is 16.7. The number of benzene rings is 1. The van der Waals surface area contributed by atoms with Gasteiger partial charge in [-0.1, -0.05) is 6.07 Å². The fraction of sp³-hybridized carbons (Fsp3) is 0.105. The molecule has 7 nitrogen and oxygen atoms in total. The molecule has 0 atom stereocenters. The number of carbonyl (C=O) groups is 1. The number of aromatic nitrogens is 3. The standard InChI is InChI=1S/C19H16N4O3/c1-12-18(14-6-8-20-9-7-14)22-23-19(12)21-17(24)5-3-13-2-4-15-16(10-13)26-11-25-15/h2-10H,11H2,1H3,(H2,21,22,23,24)/b5-3+. The predicted octanol–water partition coefficient (Wildman–Crippen LogP) is 3.16. The summed E-state index contributed by atoms with van der Waals surface area (Å²) in [6.45, 7) is 2.12. The van der Waals surface area contributed by atoms with Gasteiger partial charge in [0.1, 0.15) is 0 Å². The van der Waals surface area contributed by atoms with Crippen LogP contribution in [0.25, 0.3) is 17.3 Å². The minimum atomic E-state index is -0.265. The van der Waals surface area contributed by atoms with Gasteiger partial charge in [0.2, 0.25) is 12.7 Å². The van der Waals surface area contributed by atoms with Crippen LogP contribution in [0.15, 0.2) is 48.8 Å². The molecule has 0 fully saturated rings. The van der Waals surface area contributed by atoms with Gasteiger partial charge in [-0.3, -0.25) is 14.9 Å². The van der Waals surface area contributed by atoms with E-state index >= 15 is 0 Å². The van der Waals surface area contributed by atoms with E-state index in [1.54, 1.807) is 18.5 Å². The lowest BCUT2D eigenvalue weighted by Gasteiger charge is -2.01. The number of ether oxygens (including phenoxy) is 2. The molecule has 1 aromatic carbocycles. The minimum Gasteiger partial charge on any atom is -0.454 e. The highest BCUT2D eigenvalue weighted by molar-refractivity contribution is 6.02. The first-order chi connectivity index (χ1) is 12.7. The number of H-pyrrole nitrogens is 1. The van der Waals surface area contributed by atoms with E-state index in [0.717, 1.165) is 22.4 Å². The number of aromatic amines is 1. The Labute approximate surface area is 149 Å². The molecule has 1 aliphatic rings. The molecule has 0 saturated heterocycles. The van der Waals surface area contributed by atoms with Gasteiger partial charge in [-0.05, 0) is 42.8 Å². The summed E-state index contributed by atoms with van der Waals surface area (Å²) in [5.74, 6) is 1.62. The average Bonchev–Trinajstić information content (AvgIpc) is 3.27. The van der Waals surface area contributed by atoms with Gasteiger partial charge >= 0.3 is 0 Å². The second-order valence-corrected chi connectivity index (χ2v) is 5.74. The molecule has 1 aliphatic heterocycles. The van der Waals surface area contributed by atoms with Crippen molar-refractivity contribution in [3.8, 4) is 22.8 Å². The zero-order valence-electron chi connectivity index (χ0n) is 14.0. The molecule has 0 unspecified atom stereocenters. The fourth-order valence-electron chi connectivity index (χ4n) is 2.67. The van der Waals surface area contributed by atoms with Crippen molar-refractivity contribution >= 4 is 17.8 Å². The fourth-order valence-corrected chi connectivity index (χ4v) is 2.67. The van der Waals surface area contributed by atoms with Crippen molar-refractivity contribution in [1.29, 1.82) is 0 Å². The lowest BCUT2D eigenvalue weighted by molar-refractivity contribution is -0.111. The van der Waals surface area contributed by atoms with Crippen molar-refractivity contribution in [2.24, 2.45) is 0 Å². The Morgan fingerprint density at radius 3 is 2.85 bits per heavy atom. The normalized spacial score (nSPS) is 12.5. The molecule has 2 aromatic heterocycles.